The Kier molecular flexibility index (Phi) is 5.37. The van der Waals surface area contributed by atoms with Crippen LogP contribution in [0.3, 0.4) is 0 Å². The van der Waals surface area contributed by atoms with Crippen LogP contribution in [0.25, 0.3) is 0 Å². The molecule has 0 aromatic heterocycles. The first-order valence-corrected chi connectivity index (χ1v) is 10.0. The first kappa shape index (κ1) is 18.3. The van der Waals surface area contributed by atoms with Crippen molar-refractivity contribution < 1.29 is 9.84 Å². The fourth-order valence-corrected chi connectivity index (χ4v) is 4.80. The monoisotopic (exact) mass is 366 g/mol. The lowest BCUT2D eigenvalue weighted by Gasteiger charge is -2.48. The van der Waals surface area contributed by atoms with Gasteiger partial charge < -0.3 is 9.84 Å². The molecule has 4 nitrogen and oxygen atoms in total. The van der Waals surface area contributed by atoms with E-state index in [4.69, 9.17) is 4.74 Å². The summed E-state index contributed by atoms with van der Waals surface area (Å²) in [6.07, 6.45) is 1.17. The Morgan fingerprint density at radius 1 is 1.07 bits per heavy atom. The van der Waals surface area contributed by atoms with Gasteiger partial charge >= 0.3 is 0 Å². The summed E-state index contributed by atoms with van der Waals surface area (Å²) in [4.78, 5) is 5.26. The molecule has 2 aromatic carbocycles. The van der Waals surface area contributed by atoms with Crippen LogP contribution in [0.2, 0.25) is 0 Å². The molecule has 2 saturated heterocycles. The summed E-state index contributed by atoms with van der Waals surface area (Å²) in [7, 11) is 1.71. The van der Waals surface area contributed by atoms with Gasteiger partial charge in [0.25, 0.3) is 0 Å². The van der Waals surface area contributed by atoms with E-state index >= 15 is 0 Å². The van der Waals surface area contributed by atoms with Crippen molar-refractivity contribution in [2.75, 3.05) is 33.3 Å². The Morgan fingerprint density at radius 2 is 1.89 bits per heavy atom. The van der Waals surface area contributed by atoms with Gasteiger partial charge in [0.1, 0.15) is 11.5 Å². The van der Waals surface area contributed by atoms with Gasteiger partial charge in [0.15, 0.2) is 0 Å². The zero-order chi connectivity index (χ0) is 18.8. The number of phenols is 1. The molecule has 4 heteroatoms. The van der Waals surface area contributed by atoms with Crippen molar-refractivity contribution in [1.82, 2.24) is 9.80 Å². The van der Waals surface area contributed by atoms with Gasteiger partial charge in [-0.2, -0.15) is 0 Å². The van der Waals surface area contributed by atoms with Crippen LogP contribution in [-0.4, -0.2) is 54.2 Å². The smallest absolute Gasteiger partial charge is 0.118 e. The van der Waals surface area contributed by atoms with E-state index < -0.39 is 0 Å². The molecule has 0 saturated carbocycles. The molecular formula is C23H30N2O2. The van der Waals surface area contributed by atoms with Gasteiger partial charge in [-0.3, -0.25) is 9.80 Å². The molecule has 144 valence electrons. The molecule has 0 aliphatic carbocycles. The molecule has 1 N–H and O–H groups in total. The van der Waals surface area contributed by atoms with Gasteiger partial charge in [-0.05, 0) is 53.6 Å². The lowest BCUT2D eigenvalue weighted by atomic mass is 9.77. The number of fused-ring (bicyclic) bond motifs is 1. The fraction of sp³-hybridized carbons (Fsp3) is 0.478. The van der Waals surface area contributed by atoms with Crippen molar-refractivity contribution in [1.29, 1.82) is 0 Å². The molecule has 2 fully saturated rings. The molecular weight excluding hydrogens is 336 g/mol. The molecule has 2 aliphatic heterocycles. The van der Waals surface area contributed by atoms with Crippen molar-refractivity contribution >= 4 is 0 Å². The predicted octanol–water partition coefficient (Wildman–Crippen LogP) is 3.71. The maximum Gasteiger partial charge on any atom is 0.118 e. The normalized spacial score (nSPS) is 26.5. The minimum atomic E-state index is 0.381. The van der Waals surface area contributed by atoms with Crippen LogP contribution in [0.1, 0.15) is 30.4 Å². The first-order chi connectivity index (χ1) is 13.1. The molecule has 2 aromatic rings. The third-order valence-electron chi connectivity index (χ3n) is 6.29. The quantitative estimate of drug-likeness (QED) is 0.895. The first-order valence-electron chi connectivity index (χ1n) is 10.0. The largest absolute Gasteiger partial charge is 0.508 e. The Balaban J connectivity index is 1.42. The summed E-state index contributed by atoms with van der Waals surface area (Å²) in [5.74, 6) is 2.45. The molecule has 4 rings (SSSR count). The van der Waals surface area contributed by atoms with Crippen LogP contribution >= 0.6 is 0 Å². The van der Waals surface area contributed by atoms with Crippen molar-refractivity contribution in [2.24, 2.45) is 5.92 Å². The van der Waals surface area contributed by atoms with E-state index in [0.29, 0.717) is 23.6 Å². The van der Waals surface area contributed by atoms with Crippen LogP contribution < -0.4 is 4.74 Å². The summed E-state index contributed by atoms with van der Waals surface area (Å²) >= 11 is 0. The summed E-state index contributed by atoms with van der Waals surface area (Å²) in [5, 5.41) is 9.88. The lowest BCUT2D eigenvalue weighted by molar-refractivity contribution is 0.0190. The minimum absolute atomic E-state index is 0.381. The van der Waals surface area contributed by atoms with Gasteiger partial charge in [0, 0.05) is 38.8 Å². The van der Waals surface area contributed by atoms with Crippen molar-refractivity contribution in [3.63, 3.8) is 0 Å². The van der Waals surface area contributed by atoms with Crippen LogP contribution in [0.5, 0.6) is 11.5 Å². The highest BCUT2D eigenvalue weighted by molar-refractivity contribution is 5.31. The highest BCUT2D eigenvalue weighted by Crippen LogP contribution is 2.38. The number of hydrogen-bond donors (Lipinski definition) is 1. The van der Waals surface area contributed by atoms with E-state index in [1.807, 2.05) is 24.3 Å². The van der Waals surface area contributed by atoms with E-state index in [0.717, 1.165) is 38.5 Å². The fourth-order valence-electron chi connectivity index (χ4n) is 4.80. The van der Waals surface area contributed by atoms with Crippen LogP contribution in [-0.2, 0) is 6.54 Å². The standard InChI is InChI=1S/C23H30N2O2/c1-17-14-25-11-10-24(15-18-6-8-22(27-2)9-7-18)16-20(25)13-23(17)19-4-3-5-21(26)12-19/h3-9,12,17,20,23,26H,10-11,13-16H2,1-2H3/t17?,20?,23-/m1/s1. The SMILES string of the molecule is COc1ccc(CN2CCN3CC(C)[C@H](c4cccc(O)c4)CC3C2)cc1. The molecule has 2 aliphatic rings. The molecule has 0 spiro atoms. The van der Waals surface area contributed by atoms with Gasteiger partial charge in [-0.25, -0.2) is 0 Å². The average molecular weight is 367 g/mol. The van der Waals surface area contributed by atoms with Crippen LogP contribution in [0, 0.1) is 5.92 Å². The number of aromatic hydroxyl groups is 1. The van der Waals surface area contributed by atoms with E-state index in [9.17, 15) is 5.11 Å². The second-order valence-corrected chi connectivity index (χ2v) is 8.15. The predicted molar refractivity (Wildman–Crippen MR) is 108 cm³/mol. The zero-order valence-electron chi connectivity index (χ0n) is 16.3. The Labute approximate surface area is 162 Å². The zero-order valence-corrected chi connectivity index (χ0v) is 16.3. The highest BCUT2D eigenvalue weighted by atomic mass is 16.5. The topological polar surface area (TPSA) is 35.9 Å². The van der Waals surface area contributed by atoms with Crippen LogP contribution in [0.4, 0.5) is 0 Å². The number of benzene rings is 2. The van der Waals surface area contributed by atoms with Gasteiger partial charge in [0.05, 0.1) is 7.11 Å². The maximum atomic E-state index is 9.88. The van der Waals surface area contributed by atoms with Crippen LogP contribution in [0.15, 0.2) is 48.5 Å². The van der Waals surface area contributed by atoms with E-state index in [1.54, 1.807) is 13.2 Å². The number of rotatable bonds is 4. The maximum absolute atomic E-state index is 9.88. The summed E-state index contributed by atoms with van der Waals surface area (Å²) < 4.78 is 5.26. The average Bonchev–Trinajstić information content (AvgIpc) is 2.68. The second-order valence-electron chi connectivity index (χ2n) is 8.15. The Bertz CT molecular complexity index is 761. The molecule has 2 unspecified atom stereocenters. The van der Waals surface area contributed by atoms with Gasteiger partial charge in [-0.15, -0.1) is 0 Å². The van der Waals surface area contributed by atoms with E-state index in [1.165, 1.54) is 17.5 Å². The number of methoxy groups -OCH3 is 1. The molecule has 3 atom stereocenters. The molecule has 0 radical (unpaired) electrons. The van der Waals surface area contributed by atoms with E-state index in [2.05, 4.69) is 34.9 Å². The number of piperazine rings is 1. The molecule has 2 heterocycles. The van der Waals surface area contributed by atoms with Crippen molar-refractivity contribution in [3.8, 4) is 11.5 Å². The molecule has 0 bridgehead atoms. The third kappa shape index (κ3) is 4.12. The van der Waals surface area contributed by atoms with E-state index in [-0.39, 0.29) is 0 Å². The Morgan fingerprint density at radius 3 is 2.63 bits per heavy atom. The molecule has 0 amide bonds. The number of nitrogens with zero attached hydrogens (tertiary/aromatic N) is 2. The van der Waals surface area contributed by atoms with Gasteiger partial charge in [0.2, 0.25) is 0 Å². The number of piperidine rings is 1. The lowest BCUT2D eigenvalue weighted by Crippen LogP contribution is -2.57. The number of hydrogen-bond acceptors (Lipinski definition) is 4. The van der Waals surface area contributed by atoms with Crippen molar-refractivity contribution in [3.05, 3.63) is 59.7 Å². The summed E-state index contributed by atoms with van der Waals surface area (Å²) in [5.41, 5.74) is 2.63. The number of phenolic OH excluding ortho intramolecular Hbond substituents is 1. The van der Waals surface area contributed by atoms with Crippen molar-refractivity contribution in [2.45, 2.75) is 31.8 Å². The molecule has 27 heavy (non-hydrogen) atoms. The Hall–Kier alpha value is -2.04. The highest BCUT2D eigenvalue weighted by Gasteiger charge is 2.37. The van der Waals surface area contributed by atoms with Gasteiger partial charge in [-0.1, -0.05) is 31.2 Å². The summed E-state index contributed by atoms with van der Waals surface area (Å²) in [6.45, 7) is 7.91. The minimum Gasteiger partial charge on any atom is -0.508 e. The second kappa shape index (κ2) is 7.91. The summed E-state index contributed by atoms with van der Waals surface area (Å²) in [6, 6.07) is 16.9. The number of ether oxygens (including phenoxy) is 1. The third-order valence-corrected chi connectivity index (χ3v) is 6.29.